The molecule has 0 aliphatic carbocycles. The number of likely N-dealkylation sites (N-methyl/N-ethyl adjacent to an activating group) is 1. The second kappa shape index (κ2) is 11.6. The monoisotopic (exact) mass is 492 g/mol. The molecule has 3 aromatic rings. The summed E-state index contributed by atoms with van der Waals surface area (Å²) in [6.45, 7) is 2.43. The summed E-state index contributed by atoms with van der Waals surface area (Å²) < 4.78 is 0.977. The first-order chi connectivity index (χ1) is 15.5. The highest BCUT2D eigenvalue weighted by molar-refractivity contribution is 9.10. The second-order valence-corrected chi connectivity index (χ2v) is 8.87. The number of amides is 2. The molecule has 4 nitrogen and oxygen atoms in total. The van der Waals surface area contributed by atoms with Gasteiger partial charge in [0.1, 0.15) is 6.04 Å². The molecule has 0 radical (unpaired) electrons. The van der Waals surface area contributed by atoms with E-state index in [0.29, 0.717) is 25.8 Å². The Morgan fingerprint density at radius 3 is 2.12 bits per heavy atom. The third-order valence-corrected chi connectivity index (χ3v) is 6.06. The summed E-state index contributed by atoms with van der Waals surface area (Å²) in [6, 6.07) is 25.3. The molecule has 5 heteroatoms. The normalized spacial score (nSPS) is 11.6. The summed E-state index contributed by atoms with van der Waals surface area (Å²) in [5.41, 5.74) is 4.32. The fourth-order valence-corrected chi connectivity index (χ4v) is 3.92. The Labute approximate surface area is 198 Å². The van der Waals surface area contributed by atoms with Crippen molar-refractivity contribution >= 4 is 27.7 Å². The molecule has 0 fully saturated rings. The van der Waals surface area contributed by atoms with Gasteiger partial charge in [-0.2, -0.15) is 0 Å². The van der Waals surface area contributed by atoms with Gasteiger partial charge >= 0.3 is 0 Å². The predicted molar refractivity (Wildman–Crippen MR) is 132 cm³/mol. The van der Waals surface area contributed by atoms with E-state index in [1.165, 1.54) is 5.56 Å². The summed E-state index contributed by atoms with van der Waals surface area (Å²) in [5.74, 6) is -0.187. The number of hydrogen-bond acceptors (Lipinski definition) is 2. The van der Waals surface area contributed by atoms with Gasteiger partial charge in [-0.3, -0.25) is 9.59 Å². The van der Waals surface area contributed by atoms with Crippen molar-refractivity contribution in [1.82, 2.24) is 10.2 Å². The van der Waals surface area contributed by atoms with Crippen molar-refractivity contribution in [2.24, 2.45) is 0 Å². The minimum atomic E-state index is -0.587. The molecule has 1 atom stereocenters. The van der Waals surface area contributed by atoms with Gasteiger partial charge in [0, 0.05) is 30.9 Å². The molecule has 2 amide bonds. The van der Waals surface area contributed by atoms with Crippen molar-refractivity contribution in [3.63, 3.8) is 0 Å². The Hall–Kier alpha value is -2.92. The Morgan fingerprint density at radius 2 is 1.50 bits per heavy atom. The average molecular weight is 493 g/mol. The average Bonchev–Trinajstić information content (AvgIpc) is 2.82. The van der Waals surface area contributed by atoms with E-state index in [1.54, 1.807) is 11.9 Å². The van der Waals surface area contributed by atoms with Crippen LogP contribution in [-0.4, -0.2) is 29.8 Å². The predicted octanol–water partition coefficient (Wildman–Crippen LogP) is 5.08. The van der Waals surface area contributed by atoms with E-state index in [2.05, 4.69) is 45.5 Å². The van der Waals surface area contributed by atoms with Gasteiger partial charge in [-0.15, -0.1) is 0 Å². The van der Waals surface area contributed by atoms with Gasteiger partial charge in [0.2, 0.25) is 11.8 Å². The van der Waals surface area contributed by atoms with Crippen molar-refractivity contribution < 1.29 is 9.59 Å². The molecule has 0 aliphatic rings. The SMILES string of the molecule is CNC(=O)[C@H](Cc1ccccc1)N(Cc1ccc(Br)cc1)C(=O)CCc1ccc(C)cc1. The van der Waals surface area contributed by atoms with Crippen molar-refractivity contribution in [2.75, 3.05) is 7.05 Å². The van der Waals surface area contributed by atoms with E-state index in [9.17, 15) is 9.59 Å². The maximum Gasteiger partial charge on any atom is 0.242 e. The second-order valence-electron chi connectivity index (χ2n) is 7.95. The van der Waals surface area contributed by atoms with Gasteiger partial charge in [-0.25, -0.2) is 0 Å². The van der Waals surface area contributed by atoms with E-state index in [-0.39, 0.29) is 11.8 Å². The molecule has 1 N–H and O–H groups in total. The zero-order valence-corrected chi connectivity index (χ0v) is 20.1. The minimum absolute atomic E-state index is 0.0296. The number of benzene rings is 3. The third-order valence-electron chi connectivity index (χ3n) is 5.53. The molecule has 166 valence electrons. The fourth-order valence-electron chi connectivity index (χ4n) is 3.66. The van der Waals surface area contributed by atoms with Crippen LogP contribution in [0.2, 0.25) is 0 Å². The van der Waals surface area contributed by atoms with Crippen LogP contribution < -0.4 is 5.32 Å². The number of aryl methyl sites for hydroxylation is 2. The van der Waals surface area contributed by atoms with Gasteiger partial charge < -0.3 is 10.2 Å². The summed E-state index contributed by atoms with van der Waals surface area (Å²) in [4.78, 5) is 28.1. The van der Waals surface area contributed by atoms with Gasteiger partial charge in [0.15, 0.2) is 0 Å². The van der Waals surface area contributed by atoms with Gasteiger partial charge in [-0.1, -0.05) is 88.2 Å². The van der Waals surface area contributed by atoms with Crippen LogP contribution in [0.4, 0.5) is 0 Å². The summed E-state index contributed by atoms with van der Waals surface area (Å²) in [5, 5.41) is 2.76. The summed E-state index contributed by atoms with van der Waals surface area (Å²) in [6.07, 6.45) is 1.46. The smallest absolute Gasteiger partial charge is 0.242 e. The number of carbonyl (C=O) groups is 2. The zero-order valence-electron chi connectivity index (χ0n) is 18.6. The molecule has 0 unspecified atom stereocenters. The Bertz CT molecular complexity index is 1020. The van der Waals surface area contributed by atoms with E-state index in [0.717, 1.165) is 21.2 Å². The van der Waals surface area contributed by atoms with E-state index in [4.69, 9.17) is 0 Å². The van der Waals surface area contributed by atoms with E-state index in [1.807, 2.05) is 61.5 Å². The molecule has 0 heterocycles. The highest BCUT2D eigenvalue weighted by atomic mass is 79.9. The Balaban J connectivity index is 1.85. The van der Waals surface area contributed by atoms with Crippen molar-refractivity contribution in [2.45, 2.75) is 38.8 Å². The molecular formula is C27H29BrN2O2. The summed E-state index contributed by atoms with van der Waals surface area (Å²) >= 11 is 3.46. The Kier molecular flexibility index (Phi) is 8.63. The lowest BCUT2D eigenvalue weighted by Gasteiger charge is -2.31. The largest absolute Gasteiger partial charge is 0.357 e. The first-order valence-corrected chi connectivity index (χ1v) is 11.6. The minimum Gasteiger partial charge on any atom is -0.357 e. The lowest BCUT2D eigenvalue weighted by atomic mass is 10.0. The van der Waals surface area contributed by atoms with Crippen molar-refractivity contribution in [3.05, 3.63) is 106 Å². The molecule has 0 saturated heterocycles. The quantitative estimate of drug-likeness (QED) is 0.452. The van der Waals surface area contributed by atoms with E-state index >= 15 is 0 Å². The van der Waals surface area contributed by atoms with Crippen LogP contribution in [0.25, 0.3) is 0 Å². The summed E-state index contributed by atoms with van der Waals surface area (Å²) in [7, 11) is 1.62. The van der Waals surface area contributed by atoms with Crippen LogP contribution in [-0.2, 0) is 29.0 Å². The van der Waals surface area contributed by atoms with Crippen LogP contribution in [0.3, 0.4) is 0 Å². The number of carbonyl (C=O) groups excluding carboxylic acids is 2. The molecule has 3 aromatic carbocycles. The van der Waals surface area contributed by atoms with Gasteiger partial charge in [0.05, 0.1) is 0 Å². The lowest BCUT2D eigenvalue weighted by molar-refractivity contribution is -0.141. The molecule has 32 heavy (non-hydrogen) atoms. The number of nitrogens with zero attached hydrogens (tertiary/aromatic N) is 1. The molecule has 0 spiro atoms. The molecule has 0 aliphatic heterocycles. The lowest BCUT2D eigenvalue weighted by Crippen LogP contribution is -2.49. The van der Waals surface area contributed by atoms with E-state index < -0.39 is 6.04 Å². The molecular weight excluding hydrogens is 464 g/mol. The Morgan fingerprint density at radius 1 is 0.875 bits per heavy atom. The van der Waals surface area contributed by atoms with Crippen LogP contribution in [0, 0.1) is 6.92 Å². The van der Waals surface area contributed by atoms with Crippen molar-refractivity contribution in [3.8, 4) is 0 Å². The fraction of sp³-hybridized carbons (Fsp3) is 0.259. The number of halogens is 1. The van der Waals surface area contributed by atoms with Gasteiger partial charge in [0.25, 0.3) is 0 Å². The molecule has 0 bridgehead atoms. The maximum absolute atomic E-state index is 13.4. The van der Waals surface area contributed by atoms with Crippen LogP contribution in [0.1, 0.15) is 28.7 Å². The zero-order chi connectivity index (χ0) is 22.9. The van der Waals surface area contributed by atoms with Gasteiger partial charge in [-0.05, 0) is 42.2 Å². The topological polar surface area (TPSA) is 49.4 Å². The van der Waals surface area contributed by atoms with Crippen molar-refractivity contribution in [1.29, 1.82) is 0 Å². The molecule has 0 aromatic heterocycles. The van der Waals surface area contributed by atoms with Crippen LogP contribution >= 0.6 is 15.9 Å². The number of nitrogens with one attached hydrogen (secondary N) is 1. The van der Waals surface area contributed by atoms with Crippen LogP contribution in [0.15, 0.2) is 83.3 Å². The number of rotatable bonds is 9. The highest BCUT2D eigenvalue weighted by Crippen LogP contribution is 2.18. The standard InChI is InChI=1S/C27H29BrN2O2/c1-20-8-10-21(11-9-20)14-17-26(31)30(19-23-12-15-24(28)16-13-23)25(27(32)29-2)18-22-6-4-3-5-7-22/h3-13,15-16,25H,14,17-19H2,1-2H3,(H,29,32)/t25-/m0/s1. The maximum atomic E-state index is 13.4. The first kappa shape index (κ1) is 23.7. The highest BCUT2D eigenvalue weighted by Gasteiger charge is 2.29. The molecule has 0 saturated carbocycles. The molecule has 3 rings (SSSR count). The van der Waals surface area contributed by atoms with Crippen LogP contribution in [0.5, 0.6) is 0 Å². The number of hydrogen-bond donors (Lipinski definition) is 1. The third kappa shape index (κ3) is 6.79. The first-order valence-electron chi connectivity index (χ1n) is 10.8.